The Labute approximate surface area is 266 Å². The topological polar surface area (TPSA) is 190 Å². The molecule has 0 aromatic rings. The van der Waals surface area contributed by atoms with Crippen LogP contribution in [-0.4, -0.2) is 120 Å². The number of nitrogens with two attached hydrogens (primary N) is 1. The van der Waals surface area contributed by atoms with Gasteiger partial charge in [0, 0.05) is 35.0 Å². The van der Waals surface area contributed by atoms with Gasteiger partial charge < -0.3 is 29.6 Å². The van der Waals surface area contributed by atoms with Crippen molar-refractivity contribution in [3.8, 4) is 0 Å². The lowest BCUT2D eigenvalue weighted by atomic mass is 10.5. The summed E-state index contributed by atoms with van der Waals surface area (Å²) in [5, 5.41) is 0. The fourth-order valence-electron chi connectivity index (χ4n) is 1.68. The number of rotatable bonds is 13. The molecule has 46 heavy (non-hydrogen) atoms. The van der Waals surface area contributed by atoms with Crippen LogP contribution in [0.2, 0.25) is 0 Å². The largest absolute Gasteiger partial charge is 0.524 e. The summed E-state index contributed by atoms with van der Waals surface area (Å²) < 4.78 is 186. The lowest BCUT2D eigenvalue weighted by molar-refractivity contribution is -0.0972. The third kappa shape index (κ3) is 25.9. The molecule has 0 aliphatic carbocycles. The number of hydrogen-bond acceptors (Lipinski definition) is 13. The second kappa shape index (κ2) is 26.8. The molecule has 0 aromatic carbocycles. The lowest BCUT2D eigenvalue weighted by Crippen LogP contribution is -2.41. The number of nitrogens with one attached hydrogen (secondary N) is 1. The monoisotopic (exact) mass is 773 g/mol. The molecule has 0 unspecified atom stereocenters. The van der Waals surface area contributed by atoms with Gasteiger partial charge in [-0.05, 0) is 19.6 Å². The van der Waals surface area contributed by atoms with Gasteiger partial charge >= 0.3 is 46.8 Å². The van der Waals surface area contributed by atoms with Gasteiger partial charge in [0.15, 0.2) is 12.6 Å². The number of nitrogens with zero attached hydrogens (tertiary/aromatic N) is 1. The fraction of sp³-hybridized carbons (Fsp3) is 1.00. The van der Waals surface area contributed by atoms with Crippen molar-refractivity contribution in [1.82, 2.24) is 9.62 Å². The summed E-state index contributed by atoms with van der Waals surface area (Å²) in [6.45, 7) is 9.93. The molecule has 0 fully saturated rings. The van der Waals surface area contributed by atoms with Gasteiger partial charge in [0.05, 0.1) is 6.54 Å². The first-order valence-electron chi connectivity index (χ1n) is 11.1. The molecular weight excluding hydrogens is 725 g/mol. The van der Waals surface area contributed by atoms with Crippen LogP contribution in [0.5, 0.6) is 0 Å². The first-order chi connectivity index (χ1) is 19.1. The number of sulfonamides is 1. The van der Waals surface area contributed by atoms with Gasteiger partial charge in [-0.1, -0.05) is 43.1 Å². The van der Waals surface area contributed by atoms with Crippen molar-refractivity contribution in [2.45, 2.75) is 72.2 Å². The molecule has 14 nitrogen and oxygen atoms in total. The van der Waals surface area contributed by atoms with Crippen LogP contribution in [0.4, 0.5) is 39.5 Å². The summed E-state index contributed by atoms with van der Waals surface area (Å²) in [5.74, 6) is 0. The SMILES string of the molecule is C.C.C.CCN(CC)CC.COC(CN)OC.COC(CNS(=O)(=O)C(F)(F)F)OC.O=S(=O)(OS(=O)(=O)C(F)(F)F)C(F)(F)F. The fourth-order valence-corrected chi connectivity index (χ4v) is 3.76. The van der Waals surface area contributed by atoms with Gasteiger partial charge in [0.1, 0.15) is 0 Å². The van der Waals surface area contributed by atoms with Crippen LogP contribution in [-0.2, 0) is 52.8 Å². The molecule has 0 amide bonds. The first kappa shape index (κ1) is 60.2. The van der Waals surface area contributed by atoms with Crippen LogP contribution < -0.4 is 10.5 Å². The Hall–Kier alpha value is -1.10. The second-order valence-electron chi connectivity index (χ2n) is 6.82. The van der Waals surface area contributed by atoms with E-state index in [0.717, 1.165) is 0 Å². The first-order valence-corrected chi connectivity index (χ1v) is 15.4. The molecule has 0 aliphatic rings. The van der Waals surface area contributed by atoms with Gasteiger partial charge in [-0.2, -0.15) is 56.3 Å². The zero-order valence-corrected chi connectivity index (χ0v) is 26.3. The molecule has 0 bridgehead atoms. The molecule has 290 valence electrons. The number of halogens is 9. The van der Waals surface area contributed by atoms with Crippen molar-refractivity contribution in [3.05, 3.63) is 0 Å². The average Bonchev–Trinajstić information content (AvgIpc) is 2.85. The molecule has 0 radical (unpaired) electrons. The molecule has 0 rings (SSSR count). The Morgan fingerprint density at radius 1 is 0.609 bits per heavy atom. The van der Waals surface area contributed by atoms with E-state index >= 15 is 0 Å². The molecule has 0 saturated heterocycles. The van der Waals surface area contributed by atoms with E-state index in [4.69, 9.17) is 15.2 Å². The summed E-state index contributed by atoms with van der Waals surface area (Å²) in [4.78, 5) is 2.38. The van der Waals surface area contributed by atoms with E-state index in [1.54, 1.807) is 14.2 Å². The van der Waals surface area contributed by atoms with Gasteiger partial charge in [-0.15, -0.1) is 3.63 Å². The van der Waals surface area contributed by atoms with Crippen LogP contribution in [0.3, 0.4) is 0 Å². The highest BCUT2D eigenvalue weighted by Crippen LogP contribution is 2.32. The normalized spacial score (nSPS) is 12.3. The predicted octanol–water partition coefficient (Wildman–Crippen LogP) is 3.57. The van der Waals surface area contributed by atoms with Crippen LogP contribution in [0, 0.1) is 0 Å². The van der Waals surface area contributed by atoms with Crippen LogP contribution in [0.15, 0.2) is 0 Å². The lowest BCUT2D eigenvalue weighted by Gasteiger charge is -2.15. The highest BCUT2D eigenvalue weighted by molar-refractivity contribution is 8.00. The van der Waals surface area contributed by atoms with Gasteiger partial charge in [-0.3, -0.25) is 0 Å². The zero-order chi connectivity index (χ0) is 35.5. The molecule has 0 spiro atoms. The number of methoxy groups -OCH3 is 4. The molecule has 0 atom stereocenters. The molecule has 0 heterocycles. The third-order valence-corrected chi connectivity index (χ3v) is 7.80. The van der Waals surface area contributed by atoms with E-state index in [1.165, 1.54) is 38.6 Å². The number of alkyl halides is 9. The molecule has 3 N–H and O–H groups in total. The molecule has 0 aliphatic heterocycles. The maximum absolute atomic E-state index is 11.8. The summed E-state index contributed by atoms with van der Waals surface area (Å²) >= 11 is 0. The summed E-state index contributed by atoms with van der Waals surface area (Å²) in [5.41, 5.74) is -12.7. The molecular formula is C20H48F9N3O11S3. The maximum atomic E-state index is 11.8. The second-order valence-corrected chi connectivity index (χ2v) is 11.9. The quantitative estimate of drug-likeness (QED) is 0.157. The maximum Gasteiger partial charge on any atom is 0.524 e. The standard InChI is InChI=1S/C6H15N.C5H10F3NO4S.C4H11NO2.C2F6O5S2.3CH4/c1-4-7(5-2)6-3;1-12-4(13-2)3-9-14(10,11)5(6,7)8;1-6-4(3-5)7-2;3-1(4,5)14(9,10)13-15(11,12)2(6,7)8;;;/h4-6H2,1-3H3;4,9H,3H2,1-2H3;4H,3,5H2,1-2H3;;3*1H4. The Bertz CT molecular complexity index is 966. The zero-order valence-electron chi connectivity index (χ0n) is 23.8. The van der Waals surface area contributed by atoms with E-state index in [2.05, 4.69) is 35.1 Å². The minimum Gasteiger partial charge on any atom is -0.355 e. The van der Waals surface area contributed by atoms with Crippen molar-refractivity contribution >= 4 is 30.3 Å². The Kier molecular flexibility index (Phi) is 35.1. The van der Waals surface area contributed by atoms with Crippen LogP contribution >= 0.6 is 0 Å². The van der Waals surface area contributed by atoms with Crippen molar-refractivity contribution in [3.63, 3.8) is 0 Å². The molecule has 26 heteroatoms. The summed E-state index contributed by atoms with van der Waals surface area (Å²) in [7, 11) is -13.5. The van der Waals surface area contributed by atoms with Crippen molar-refractivity contribution in [1.29, 1.82) is 0 Å². The van der Waals surface area contributed by atoms with Crippen LogP contribution in [0.1, 0.15) is 43.1 Å². The van der Waals surface area contributed by atoms with E-state index < -0.39 is 59.6 Å². The van der Waals surface area contributed by atoms with Gasteiger partial charge in [0.25, 0.3) is 0 Å². The Morgan fingerprint density at radius 3 is 1.02 bits per heavy atom. The highest BCUT2D eigenvalue weighted by atomic mass is 32.3. The van der Waals surface area contributed by atoms with Crippen LogP contribution in [0.25, 0.3) is 0 Å². The van der Waals surface area contributed by atoms with E-state index in [0.29, 0.717) is 6.54 Å². The highest BCUT2D eigenvalue weighted by Gasteiger charge is 2.57. The third-order valence-electron chi connectivity index (χ3n) is 4.08. The minimum absolute atomic E-state index is 0. The predicted molar refractivity (Wildman–Crippen MR) is 152 cm³/mol. The minimum atomic E-state index is -6.85. The molecule has 0 aromatic heterocycles. The van der Waals surface area contributed by atoms with E-state index in [-0.39, 0.29) is 28.6 Å². The van der Waals surface area contributed by atoms with Gasteiger partial charge in [0.2, 0.25) is 0 Å². The van der Waals surface area contributed by atoms with Crippen molar-refractivity contribution in [2.75, 3.05) is 61.2 Å². The number of ether oxygens (including phenoxy) is 4. The Morgan fingerprint density at radius 2 is 0.891 bits per heavy atom. The van der Waals surface area contributed by atoms with Crippen molar-refractivity contribution < 1.29 is 87.3 Å². The average molecular weight is 774 g/mol. The Balaban J connectivity index is -0.0000000909. The smallest absolute Gasteiger partial charge is 0.355 e. The van der Waals surface area contributed by atoms with Gasteiger partial charge in [-0.25, -0.2) is 13.1 Å². The number of hydrogen-bond donors (Lipinski definition) is 2. The van der Waals surface area contributed by atoms with E-state index in [1.807, 2.05) is 3.63 Å². The van der Waals surface area contributed by atoms with Crippen molar-refractivity contribution in [2.24, 2.45) is 5.73 Å². The summed E-state index contributed by atoms with van der Waals surface area (Å²) in [6, 6.07) is 0. The molecule has 0 saturated carbocycles. The van der Waals surface area contributed by atoms with E-state index in [9.17, 15) is 64.8 Å². The summed E-state index contributed by atoms with van der Waals surface area (Å²) in [6.07, 6.45) is -1.29.